The van der Waals surface area contributed by atoms with Crippen molar-refractivity contribution in [3.05, 3.63) is 35.6 Å². The zero-order valence-corrected chi connectivity index (χ0v) is 9.81. The second-order valence-electron chi connectivity index (χ2n) is 4.12. The number of rotatable bonds is 3. The predicted octanol–water partition coefficient (Wildman–Crippen LogP) is 2.86. The number of hydrogen-bond acceptors (Lipinski definition) is 4. The van der Waals surface area contributed by atoms with E-state index in [1.165, 1.54) is 0 Å². The second kappa shape index (κ2) is 4.41. The topological polar surface area (TPSA) is 69.1 Å². The standard InChI is InChI=1S/C13H14N2O2/c1-8(2)12-11(15-13(14)17-12)10-6-4-3-5-9(10)7-16/h3-8H,1-2H3,(H2,14,15). The Labute approximate surface area is 99.5 Å². The van der Waals surface area contributed by atoms with Gasteiger partial charge in [0.2, 0.25) is 0 Å². The summed E-state index contributed by atoms with van der Waals surface area (Å²) >= 11 is 0. The average molecular weight is 230 g/mol. The van der Waals surface area contributed by atoms with Gasteiger partial charge in [0.25, 0.3) is 6.01 Å². The highest BCUT2D eigenvalue weighted by molar-refractivity contribution is 5.87. The summed E-state index contributed by atoms with van der Waals surface area (Å²) in [6.45, 7) is 3.99. The number of nitrogen functional groups attached to an aromatic ring is 1. The lowest BCUT2D eigenvalue weighted by Gasteiger charge is -2.05. The van der Waals surface area contributed by atoms with Gasteiger partial charge in [0.05, 0.1) is 0 Å². The third-order valence-electron chi connectivity index (χ3n) is 2.54. The van der Waals surface area contributed by atoms with E-state index in [-0.39, 0.29) is 11.9 Å². The maximum atomic E-state index is 11.0. The van der Waals surface area contributed by atoms with Crippen LogP contribution in [0, 0.1) is 0 Å². The maximum Gasteiger partial charge on any atom is 0.292 e. The van der Waals surface area contributed by atoms with Crippen LogP contribution in [0.25, 0.3) is 11.3 Å². The molecular formula is C13H14N2O2. The molecule has 0 fully saturated rings. The average Bonchev–Trinajstić information content (AvgIpc) is 2.71. The molecule has 0 aliphatic carbocycles. The van der Waals surface area contributed by atoms with Gasteiger partial charge in [0.15, 0.2) is 6.29 Å². The van der Waals surface area contributed by atoms with E-state index >= 15 is 0 Å². The van der Waals surface area contributed by atoms with Crippen LogP contribution < -0.4 is 5.73 Å². The van der Waals surface area contributed by atoms with Gasteiger partial charge in [0.1, 0.15) is 11.5 Å². The van der Waals surface area contributed by atoms with Crippen LogP contribution in [0.4, 0.5) is 6.01 Å². The number of carbonyl (C=O) groups is 1. The number of oxazole rings is 1. The molecule has 0 atom stereocenters. The summed E-state index contributed by atoms with van der Waals surface area (Å²) in [7, 11) is 0. The lowest BCUT2D eigenvalue weighted by atomic mass is 10.0. The molecule has 0 amide bonds. The first kappa shape index (κ1) is 11.4. The van der Waals surface area contributed by atoms with Crippen molar-refractivity contribution in [1.29, 1.82) is 0 Å². The van der Waals surface area contributed by atoms with Crippen molar-refractivity contribution >= 4 is 12.3 Å². The Hall–Kier alpha value is -2.10. The largest absolute Gasteiger partial charge is 0.428 e. The Kier molecular flexibility index (Phi) is 2.95. The molecule has 1 heterocycles. The monoisotopic (exact) mass is 230 g/mol. The number of nitrogens with two attached hydrogens (primary N) is 1. The molecule has 0 aliphatic heterocycles. The van der Waals surface area contributed by atoms with Crippen LogP contribution in [0.5, 0.6) is 0 Å². The molecule has 2 aromatic rings. The summed E-state index contributed by atoms with van der Waals surface area (Å²) in [5.74, 6) is 0.867. The van der Waals surface area contributed by atoms with Crippen molar-refractivity contribution < 1.29 is 9.21 Å². The van der Waals surface area contributed by atoms with Crippen molar-refractivity contribution in [3.8, 4) is 11.3 Å². The first-order valence-electron chi connectivity index (χ1n) is 5.44. The Bertz CT molecular complexity index is 544. The molecule has 0 bridgehead atoms. The molecule has 0 aliphatic rings. The molecule has 1 aromatic carbocycles. The first-order chi connectivity index (χ1) is 8.13. The molecule has 0 unspecified atom stereocenters. The highest BCUT2D eigenvalue weighted by atomic mass is 16.4. The van der Waals surface area contributed by atoms with Gasteiger partial charge in [0, 0.05) is 17.0 Å². The summed E-state index contributed by atoms with van der Waals surface area (Å²) in [4.78, 5) is 15.2. The number of aldehydes is 1. The fraction of sp³-hybridized carbons (Fsp3) is 0.231. The summed E-state index contributed by atoms with van der Waals surface area (Å²) < 4.78 is 5.38. The second-order valence-corrected chi connectivity index (χ2v) is 4.12. The Balaban J connectivity index is 2.63. The summed E-state index contributed by atoms with van der Waals surface area (Å²) in [5, 5.41) is 0. The van der Waals surface area contributed by atoms with Crippen LogP contribution in [0.3, 0.4) is 0 Å². The molecule has 88 valence electrons. The van der Waals surface area contributed by atoms with Gasteiger partial charge in [-0.1, -0.05) is 38.1 Å². The van der Waals surface area contributed by atoms with Crippen molar-refractivity contribution in [2.45, 2.75) is 19.8 Å². The SMILES string of the molecule is CC(C)c1oc(N)nc1-c1ccccc1C=O. The Morgan fingerprint density at radius 3 is 2.71 bits per heavy atom. The van der Waals surface area contributed by atoms with Gasteiger partial charge in [-0.2, -0.15) is 4.98 Å². The fourth-order valence-electron chi connectivity index (χ4n) is 1.75. The van der Waals surface area contributed by atoms with E-state index in [9.17, 15) is 4.79 Å². The summed E-state index contributed by atoms with van der Waals surface area (Å²) in [5.41, 5.74) is 7.57. The van der Waals surface area contributed by atoms with Crippen molar-refractivity contribution in [2.24, 2.45) is 0 Å². The molecule has 2 N–H and O–H groups in total. The number of aromatic nitrogens is 1. The van der Waals surface area contributed by atoms with Gasteiger partial charge in [-0.25, -0.2) is 0 Å². The minimum atomic E-state index is 0.129. The van der Waals surface area contributed by atoms with Gasteiger partial charge >= 0.3 is 0 Å². The van der Waals surface area contributed by atoms with Gasteiger partial charge in [-0.05, 0) is 0 Å². The number of anilines is 1. The molecule has 0 saturated carbocycles. The van der Waals surface area contributed by atoms with E-state index in [1.807, 2.05) is 32.0 Å². The fourth-order valence-corrected chi connectivity index (χ4v) is 1.75. The quantitative estimate of drug-likeness (QED) is 0.823. The molecule has 4 heteroatoms. The third-order valence-corrected chi connectivity index (χ3v) is 2.54. The minimum absolute atomic E-state index is 0.129. The van der Waals surface area contributed by atoms with Crippen LogP contribution in [0.2, 0.25) is 0 Å². The van der Waals surface area contributed by atoms with Crippen LogP contribution in [0.1, 0.15) is 35.9 Å². The van der Waals surface area contributed by atoms with E-state index in [1.54, 1.807) is 6.07 Å². The zero-order chi connectivity index (χ0) is 12.4. The van der Waals surface area contributed by atoms with Crippen molar-refractivity contribution in [1.82, 2.24) is 4.98 Å². The van der Waals surface area contributed by atoms with Crippen LogP contribution in [0.15, 0.2) is 28.7 Å². The molecule has 4 nitrogen and oxygen atoms in total. The van der Waals surface area contributed by atoms with E-state index in [4.69, 9.17) is 10.2 Å². The van der Waals surface area contributed by atoms with E-state index in [0.717, 1.165) is 11.8 Å². The third kappa shape index (κ3) is 2.06. The predicted molar refractivity (Wildman–Crippen MR) is 65.8 cm³/mol. The lowest BCUT2D eigenvalue weighted by Crippen LogP contribution is -1.93. The van der Waals surface area contributed by atoms with E-state index in [0.29, 0.717) is 17.0 Å². The van der Waals surface area contributed by atoms with Crippen LogP contribution in [-0.4, -0.2) is 11.3 Å². The smallest absolute Gasteiger partial charge is 0.292 e. The first-order valence-corrected chi connectivity index (χ1v) is 5.44. The zero-order valence-electron chi connectivity index (χ0n) is 9.81. The van der Waals surface area contributed by atoms with Gasteiger partial charge < -0.3 is 10.2 Å². The van der Waals surface area contributed by atoms with Crippen LogP contribution >= 0.6 is 0 Å². The molecular weight excluding hydrogens is 216 g/mol. The van der Waals surface area contributed by atoms with Crippen molar-refractivity contribution in [3.63, 3.8) is 0 Å². The lowest BCUT2D eigenvalue weighted by molar-refractivity contribution is 0.112. The number of hydrogen-bond donors (Lipinski definition) is 1. The number of benzene rings is 1. The summed E-state index contributed by atoms with van der Waals surface area (Å²) in [6.07, 6.45) is 0.810. The highest BCUT2D eigenvalue weighted by Gasteiger charge is 2.18. The summed E-state index contributed by atoms with van der Waals surface area (Å²) in [6, 6.07) is 7.39. The Morgan fingerprint density at radius 1 is 1.35 bits per heavy atom. The Morgan fingerprint density at radius 2 is 2.06 bits per heavy atom. The molecule has 1 aromatic heterocycles. The highest BCUT2D eigenvalue weighted by Crippen LogP contribution is 2.31. The molecule has 0 radical (unpaired) electrons. The van der Waals surface area contributed by atoms with Gasteiger partial charge in [-0.3, -0.25) is 4.79 Å². The number of carbonyl (C=O) groups excluding carboxylic acids is 1. The molecule has 17 heavy (non-hydrogen) atoms. The van der Waals surface area contributed by atoms with E-state index < -0.39 is 0 Å². The van der Waals surface area contributed by atoms with Crippen molar-refractivity contribution in [2.75, 3.05) is 5.73 Å². The van der Waals surface area contributed by atoms with Crippen LogP contribution in [-0.2, 0) is 0 Å². The molecule has 2 rings (SSSR count). The minimum Gasteiger partial charge on any atom is -0.428 e. The maximum absolute atomic E-state index is 11.0. The number of nitrogens with zero attached hydrogens (tertiary/aromatic N) is 1. The normalized spacial score (nSPS) is 10.8. The van der Waals surface area contributed by atoms with Gasteiger partial charge in [-0.15, -0.1) is 0 Å². The molecule has 0 saturated heterocycles. The molecule has 0 spiro atoms. The van der Waals surface area contributed by atoms with E-state index in [2.05, 4.69) is 4.98 Å².